The maximum absolute atomic E-state index is 12.7. The number of thiazole rings is 1. The number of rotatable bonds is 3. The topological polar surface area (TPSA) is 42.0 Å². The van der Waals surface area contributed by atoms with Gasteiger partial charge < -0.3 is 0 Å². The van der Waals surface area contributed by atoms with Crippen LogP contribution in [0.1, 0.15) is 28.4 Å². The first-order valence-electron chi connectivity index (χ1n) is 7.25. The van der Waals surface area contributed by atoms with E-state index in [1.165, 1.54) is 23.5 Å². The van der Waals surface area contributed by atoms with E-state index in [2.05, 4.69) is 10.3 Å². The van der Waals surface area contributed by atoms with Crippen LogP contribution in [0.5, 0.6) is 0 Å². The van der Waals surface area contributed by atoms with Crippen molar-refractivity contribution in [1.29, 1.82) is 0 Å². The van der Waals surface area contributed by atoms with Gasteiger partial charge in [0.15, 0.2) is 5.13 Å². The molecule has 0 saturated heterocycles. The molecule has 0 aliphatic carbocycles. The summed E-state index contributed by atoms with van der Waals surface area (Å²) in [5.74, 6) is -0.615. The Hall–Kier alpha value is -2.41. The van der Waals surface area contributed by atoms with Gasteiger partial charge in [0.25, 0.3) is 5.91 Å². The van der Waals surface area contributed by atoms with Crippen LogP contribution in [0.25, 0.3) is 10.2 Å². The van der Waals surface area contributed by atoms with Crippen LogP contribution < -0.4 is 5.32 Å². The minimum absolute atomic E-state index is 0.0571. The number of benzene rings is 2. The average Bonchev–Trinajstić information content (AvgIpc) is 2.95. The van der Waals surface area contributed by atoms with Gasteiger partial charge in [-0.2, -0.15) is 13.2 Å². The fraction of sp³-hybridized carbons (Fsp3) is 0.176. The summed E-state index contributed by atoms with van der Waals surface area (Å²) in [5.41, 5.74) is 0.990. The van der Waals surface area contributed by atoms with Crippen LogP contribution in [-0.4, -0.2) is 10.9 Å². The summed E-state index contributed by atoms with van der Waals surface area (Å²) in [4.78, 5) is 16.5. The molecule has 0 saturated carbocycles. The molecular formula is C17H13F3N2OS. The van der Waals surface area contributed by atoms with Gasteiger partial charge in [-0.05, 0) is 42.3 Å². The molecule has 0 bridgehead atoms. The molecule has 7 heteroatoms. The molecule has 24 heavy (non-hydrogen) atoms. The Bertz CT molecular complexity index is 902. The fourth-order valence-electron chi connectivity index (χ4n) is 2.25. The van der Waals surface area contributed by atoms with Crippen LogP contribution in [0.3, 0.4) is 0 Å². The number of aryl methyl sites for hydroxylation is 1. The number of alkyl halides is 3. The molecule has 1 N–H and O–H groups in total. The zero-order valence-corrected chi connectivity index (χ0v) is 13.5. The van der Waals surface area contributed by atoms with Gasteiger partial charge in [0.2, 0.25) is 0 Å². The summed E-state index contributed by atoms with van der Waals surface area (Å²) in [6.07, 6.45) is -3.59. The van der Waals surface area contributed by atoms with E-state index in [1.807, 2.05) is 25.1 Å². The number of fused-ring (bicyclic) bond motifs is 1. The smallest absolute Gasteiger partial charge is 0.298 e. The standard InChI is InChI=1S/C17H13F3N2OS/c1-2-10-6-7-13-14(8-10)24-16(21-13)22-15(23)11-4-3-5-12(9-11)17(18,19)20/h3-9H,2H2,1H3,(H,21,22,23). The highest BCUT2D eigenvalue weighted by Gasteiger charge is 2.30. The number of amides is 1. The molecule has 0 fully saturated rings. The molecule has 0 radical (unpaired) electrons. The van der Waals surface area contributed by atoms with Gasteiger partial charge in [-0.1, -0.05) is 30.4 Å². The Labute approximate surface area is 140 Å². The summed E-state index contributed by atoms with van der Waals surface area (Å²) in [6, 6.07) is 10.1. The number of halogens is 3. The van der Waals surface area contributed by atoms with E-state index in [1.54, 1.807) is 0 Å². The van der Waals surface area contributed by atoms with Crippen LogP contribution in [0.4, 0.5) is 18.3 Å². The molecule has 124 valence electrons. The van der Waals surface area contributed by atoms with E-state index in [9.17, 15) is 18.0 Å². The van der Waals surface area contributed by atoms with Crippen molar-refractivity contribution in [3.8, 4) is 0 Å². The maximum atomic E-state index is 12.7. The third-order valence-corrected chi connectivity index (χ3v) is 4.47. The van der Waals surface area contributed by atoms with E-state index in [4.69, 9.17) is 0 Å². The predicted molar refractivity (Wildman–Crippen MR) is 88.4 cm³/mol. The Balaban J connectivity index is 1.84. The highest BCUT2D eigenvalue weighted by atomic mass is 32.1. The number of hydrogen-bond donors (Lipinski definition) is 1. The Morgan fingerprint density at radius 2 is 2.00 bits per heavy atom. The van der Waals surface area contributed by atoms with Gasteiger partial charge in [-0.3, -0.25) is 10.1 Å². The van der Waals surface area contributed by atoms with Gasteiger partial charge in [-0.15, -0.1) is 0 Å². The lowest BCUT2D eigenvalue weighted by Gasteiger charge is -2.08. The monoisotopic (exact) mass is 350 g/mol. The minimum atomic E-state index is -4.48. The first-order chi connectivity index (χ1) is 11.4. The SMILES string of the molecule is CCc1ccc2nc(NC(=O)c3cccc(C(F)(F)F)c3)sc2c1. The normalized spacial score (nSPS) is 11.7. The molecule has 0 aliphatic heterocycles. The van der Waals surface area contributed by atoms with Crippen molar-refractivity contribution >= 4 is 32.6 Å². The zero-order valence-electron chi connectivity index (χ0n) is 12.6. The molecule has 3 rings (SSSR count). The number of nitrogens with one attached hydrogen (secondary N) is 1. The first kappa shape index (κ1) is 16.4. The van der Waals surface area contributed by atoms with Gasteiger partial charge in [0, 0.05) is 5.56 Å². The molecule has 2 aromatic carbocycles. The van der Waals surface area contributed by atoms with Gasteiger partial charge in [-0.25, -0.2) is 4.98 Å². The summed E-state index contributed by atoms with van der Waals surface area (Å²) in [6.45, 7) is 2.04. The Morgan fingerprint density at radius 1 is 1.21 bits per heavy atom. The molecule has 1 heterocycles. The van der Waals surface area contributed by atoms with E-state index >= 15 is 0 Å². The third-order valence-electron chi connectivity index (χ3n) is 3.53. The van der Waals surface area contributed by atoms with Gasteiger partial charge in [0.1, 0.15) is 0 Å². The number of carbonyl (C=O) groups is 1. The molecule has 0 spiro atoms. The summed E-state index contributed by atoms with van der Waals surface area (Å²) in [7, 11) is 0. The highest BCUT2D eigenvalue weighted by Crippen LogP contribution is 2.30. The van der Waals surface area contributed by atoms with E-state index in [0.29, 0.717) is 5.13 Å². The lowest BCUT2D eigenvalue weighted by Crippen LogP contribution is -2.13. The van der Waals surface area contributed by atoms with Crippen LogP contribution in [0, 0.1) is 0 Å². The van der Waals surface area contributed by atoms with E-state index in [-0.39, 0.29) is 5.56 Å². The minimum Gasteiger partial charge on any atom is -0.298 e. The average molecular weight is 350 g/mol. The number of hydrogen-bond acceptors (Lipinski definition) is 3. The van der Waals surface area contributed by atoms with Crippen molar-refractivity contribution in [2.24, 2.45) is 0 Å². The number of aromatic nitrogens is 1. The third kappa shape index (κ3) is 3.41. The van der Waals surface area contributed by atoms with Crippen molar-refractivity contribution in [3.63, 3.8) is 0 Å². The van der Waals surface area contributed by atoms with Crippen molar-refractivity contribution < 1.29 is 18.0 Å². The Kier molecular flexibility index (Phi) is 4.28. The zero-order chi connectivity index (χ0) is 17.3. The molecule has 1 aromatic heterocycles. The van der Waals surface area contributed by atoms with Gasteiger partial charge in [0.05, 0.1) is 15.8 Å². The molecule has 0 atom stereocenters. The fourth-order valence-corrected chi connectivity index (χ4v) is 3.17. The quantitative estimate of drug-likeness (QED) is 0.711. The van der Waals surface area contributed by atoms with E-state index < -0.39 is 17.6 Å². The lowest BCUT2D eigenvalue weighted by atomic mass is 10.1. The second kappa shape index (κ2) is 6.24. The maximum Gasteiger partial charge on any atom is 0.416 e. The van der Waals surface area contributed by atoms with Crippen molar-refractivity contribution in [2.75, 3.05) is 5.32 Å². The number of anilines is 1. The van der Waals surface area contributed by atoms with Gasteiger partial charge >= 0.3 is 6.18 Å². The number of nitrogens with zero attached hydrogens (tertiary/aromatic N) is 1. The van der Waals surface area contributed by atoms with Crippen molar-refractivity contribution in [2.45, 2.75) is 19.5 Å². The second-order valence-electron chi connectivity index (χ2n) is 5.21. The summed E-state index contributed by atoms with van der Waals surface area (Å²) < 4.78 is 39.1. The lowest BCUT2D eigenvalue weighted by molar-refractivity contribution is -0.137. The summed E-state index contributed by atoms with van der Waals surface area (Å²) >= 11 is 1.29. The van der Waals surface area contributed by atoms with Crippen molar-refractivity contribution in [3.05, 3.63) is 59.2 Å². The molecule has 3 nitrogen and oxygen atoms in total. The van der Waals surface area contributed by atoms with Crippen LogP contribution in [0.2, 0.25) is 0 Å². The molecule has 0 unspecified atom stereocenters. The molecule has 0 aliphatic rings. The van der Waals surface area contributed by atoms with Crippen molar-refractivity contribution in [1.82, 2.24) is 4.98 Å². The van der Waals surface area contributed by atoms with E-state index in [0.717, 1.165) is 34.3 Å². The Morgan fingerprint density at radius 3 is 2.71 bits per heavy atom. The largest absolute Gasteiger partial charge is 0.416 e. The molecule has 1 amide bonds. The van der Waals surface area contributed by atoms with Crippen LogP contribution in [-0.2, 0) is 12.6 Å². The highest BCUT2D eigenvalue weighted by molar-refractivity contribution is 7.22. The molecule has 3 aromatic rings. The predicted octanol–water partition coefficient (Wildman–Crippen LogP) is 5.13. The second-order valence-corrected chi connectivity index (χ2v) is 6.24. The van der Waals surface area contributed by atoms with Crippen LogP contribution in [0.15, 0.2) is 42.5 Å². The number of carbonyl (C=O) groups excluding carboxylic acids is 1. The summed E-state index contributed by atoms with van der Waals surface area (Å²) in [5, 5.41) is 2.93. The molecular weight excluding hydrogens is 337 g/mol. The van der Waals surface area contributed by atoms with Crippen LogP contribution >= 0.6 is 11.3 Å². The first-order valence-corrected chi connectivity index (χ1v) is 8.06.